The number of nitrogens with zero attached hydrogens (tertiary/aromatic N) is 2. The molecule has 2 rings (SSSR count). The van der Waals surface area contributed by atoms with Gasteiger partial charge in [-0.25, -0.2) is 0 Å². The van der Waals surface area contributed by atoms with E-state index >= 15 is 0 Å². The van der Waals surface area contributed by atoms with Gasteiger partial charge in [-0.1, -0.05) is 0 Å². The third kappa shape index (κ3) is 2.97. The van der Waals surface area contributed by atoms with Gasteiger partial charge in [0.15, 0.2) is 0 Å². The number of esters is 1. The minimum absolute atomic E-state index is 0.0914. The van der Waals surface area contributed by atoms with Gasteiger partial charge in [0, 0.05) is 45.3 Å². The van der Waals surface area contributed by atoms with Crippen LogP contribution in [0.5, 0.6) is 0 Å². The van der Waals surface area contributed by atoms with E-state index in [-0.39, 0.29) is 12.0 Å². The maximum atomic E-state index is 11.6. The molecule has 2 aliphatic rings. The van der Waals surface area contributed by atoms with Gasteiger partial charge in [0.05, 0.1) is 6.61 Å². The van der Waals surface area contributed by atoms with Crippen LogP contribution in [0.25, 0.3) is 0 Å². The van der Waals surface area contributed by atoms with Crippen molar-refractivity contribution in [1.29, 1.82) is 0 Å². The van der Waals surface area contributed by atoms with Crippen LogP contribution in [0.3, 0.4) is 0 Å². The minimum Gasteiger partial charge on any atom is -0.465 e. The Morgan fingerprint density at radius 1 is 1.35 bits per heavy atom. The van der Waals surface area contributed by atoms with E-state index in [0.717, 1.165) is 45.3 Å². The summed E-state index contributed by atoms with van der Waals surface area (Å²) in [6.07, 6.45) is 0. The fourth-order valence-electron chi connectivity index (χ4n) is 2.43. The molecule has 2 aliphatic heterocycles. The predicted molar refractivity (Wildman–Crippen MR) is 65.9 cm³/mol. The van der Waals surface area contributed by atoms with Gasteiger partial charge >= 0.3 is 5.97 Å². The summed E-state index contributed by atoms with van der Waals surface area (Å²) >= 11 is 0. The third-order valence-electron chi connectivity index (χ3n) is 3.80. The zero-order valence-electron chi connectivity index (χ0n) is 10.8. The van der Waals surface area contributed by atoms with E-state index in [9.17, 15) is 4.79 Å². The van der Waals surface area contributed by atoms with Crippen molar-refractivity contribution >= 4 is 5.97 Å². The van der Waals surface area contributed by atoms with Crippen LogP contribution in [0, 0.1) is 0 Å². The Morgan fingerprint density at radius 3 is 2.47 bits per heavy atom. The topological polar surface area (TPSA) is 44.8 Å². The Labute approximate surface area is 103 Å². The molecular formula is C12H23N3O2. The first-order valence-corrected chi connectivity index (χ1v) is 6.57. The maximum absolute atomic E-state index is 11.6. The molecule has 0 aliphatic carbocycles. The predicted octanol–water partition coefficient (Wildman–Crippen LogP) is -0.473. The molecule has 0 aromatic carbocycles. The van der Waals surface area contributed by atoms with Crippen LogP contribution in [0.15, 0.2) is 0 Å². The fourth-order valence-corrected chi connectivity index (χ4v) is 2.43. The summed E-state index contributed by atoms with van der Waals surface area (Å²) in [4.78, 5) is 16.4. The maximum Gasteiger partial charge on any atom is 0.323 e. The van der Waals surface area contributed by atoms with Gasteiger partial charge in [-0.2, -0.15) is 0 Å². The van der Waals surface area contributed by atoms with E-state index in [1.54, 1.807) is 0 Å². The molecule has 2 fully saturated rings. The second kappa shape index (κ2) is 5.80. The van der Waals surface area contributed by atoms with Gasteiger partial charge in [-0.05, 0) is 13.8 Å². The fraction of sp³-hybridized carbons (Fsp3) is 0.917. The SMILES string of the molecule is CCOC(=O)C(C)N1CCN(C2CNC2)CC1. The Morgan fingerprint density at radius 2 is 2.00 bits per heavy atom. The van der Waals surface area contributed by atoms with E-state index in [1.165, 1.54) is 0 Å². The van der Waals surface area contributed by atoms with Gasteiger partial charge < -0.3 is 10.1 Å². The number of rotatable bonds is 4. The summed E-state index contributed by atoms with van der Waals surface area (Å²) in [5.74, 6) is -0.0914. The number of hydrogen-bond donors (Lipinski definition) is 1. The van der Waals surface area contributed by atoms with E-state index in [1.807, 2.05) is 13.8 Å². The molecule has 0 radical (unpaired) electrons. The normalized spacial score (nSPS) is 25.3. The van der Waals surface area contributed by atoms with E-state index in [0.29, 0.717) is 6.61 Å². The van der Waals surface area contributed by atoms with Crippen LogP contribution in [0.1, 0.15) is 13.8 Å². The van der Waals surface area contributed by atoms with Crippen LogP contribution in [0.4, 0.5) is 0 Å². The van der Waals surface area contributed by atoms with Crippen molar-refractivity contribution in [2.45, 2.75) is 25.9 Å². The number of piperazine rings is 1. The number of carbonyl (C=O) groups excluding carboxylic acids is 1. The van der Waals surface area contributed by atoms with Gasteiger partial charge in [0.2, 0.25) is 0 Å². The highest BCUT2D eigenvalue weighted by Gasteiger charge is 2.31. The van der Waals surface area contributed by atoms with Crippen molar-refractivity contribution < 1.29 is 9.53 Å². The van der Waals surface area contributed by atoms with Crippen LogP contribution in [-0.2, 0) is 9.53 Å². The van der Waals surface area contributed by atoms with E-state index < -0.39 is 0 Å². The molecular weight excluding hydrogens is 218 g/mol. The summed E-state index contributed by atoms with van der Waals surface area (Å²) in [6, 6.07) is 0.617. The molecule has 1 atom stereocenters. The molecule has 0 saturated carbocycles. The summed E-state index contributed by atoms with van der Waals surface area (Å²) in [6.45, 7) is 10.6. The monoisotopic (exact) mass is 241 g/mol. The number of nitrogens with one attached hydrogen (secondary N) is 1. The van der Waals surface area contributed by atoms with Crippen molar-refractivity contribution in [2.75, 3.05) is 45.9 Å². The molecule has 98 valence electrons. The van der Waals surface area contributed by atoms with E-state index in [2.05, 4.69) is 15.1 Å². The average Bonchev–Trinajstić information content (AvgIpc) is 2.27. The highest BCUT2D eigenvalue weighted by Crippen LogP contribution is 2.12. The molecule has 0 aromatic rings. The van der Waals surface area contributed by atoms with Gasteiger partial charge in [0.1, 0.15) is 6.04 Å². The Kier molecular flexibility index (Phi) is 4.36. The number of hydrogen-bond acceptors (Lipinski definition) is 5. The lowest BCUT2D eigenvalue weighted by molar-refractivity contribution is -0.149. The molecule has 2 heterocycles. The van der Waals surface area contributed by atoms with Crippen LogP contribution in [0.2, 0.25) is 0 Å². The van der Waals surface area contributed by atoms with Crippen LogP contribution in [-0.4, -0.2) is 73.7 Å². The van der Waals surface area contributed by atoms with Gasteiger partial charge in [0.25, 0.3) is 0 Å². The zero-order chi connectivity index (χ0) is 12.3. The van der Waals surface area contributed by atoms with Crippen LogP contribution < -0.4 is 5.32 Å². The Balaban J connectivity index is 1.75. The molecule has 1 unspecified atom stereocenters. The third-order valence-corrected chi connectivity index (χ3v) is 3.80. The molecule has 0 aromatic heterocycles. The standard InChI is InChI=1S/C12H23N3O2/c1-3-17-12(16)10(2)14-4-6-15(7-5-14)11-8-13-9-11/h10-11,13H,3-9H2,1-2H3. The second-order valence-electron chi connectivity index (χ2n) is 4.81. The molecule has 5 heteroatoms. The smallest absolute Gasteiger partial charge is 0.323 e. The highest BCUT2D eigenvalue weighted by atomic mass is 16.5. The molecule has 0 spiro atoms. The molecule has 0 amide bonds. The van der Waals surface area contributed by atoms with Gasteiger partial charge in [-0.3, -0.25) is 14.6 Å². The molecule has 17 heavy (non-hydrogen) atoms. The minimum atomic E-state index is -0.100. The molecule has 1 N–H and O–H groups in total. The van der Waals surface area contributed by atoms with Crippen molar-refractivity contribution in [2.24, 2.45) is 0 Å². The molecule has 5 nitrogen and oxygen atoms in total. The first kappa shape index (κ1) is 12.8. The number of ether oxygens (including phenoxy) is 1. The lowest BCUT2D eigenvalue weighted by Gasteiger charge is -2.44. The average molecular weight is 241 g/mol. The lowest BCUT2D eigenvalue weighted by atomic mass is 10.1. The zero-order valence-corrected chi connectivity index (χ0v) is 10.8. The summed E-state index contributed by atoms with van der Waals surface area (Å²) in [7, 11) is 0. The summed E-state index contributed by atoms with van der Waals surface area (Å²) in [5, 5.41) is 3.30. The largest absolute Gasteiger partial charge is 0.465 e. The van der Waals surface area contributed by atoms with Crippen molar-refractivity contribution in [1.82, 2.24) is 15.1 Å². The lowest BCUT2D eigenvalue weighted by Crippen LogP contribution is -2.62. The second-order valence-corrected chi connectivity index (χ2v) is 4.81. The first-order chi connectivity index (χ1) is 8.22. The van der Waals surface area contributed by atoms with Gasteiger partial charge in [-0.15, -0.1) is 0 Å². The number of carbonyl (C=O) groups is 1. The summed E-state index contributed by atoms with van der Waals surface area (Å²) < 4.78 is 5.06. The summed E-state index contributed by atoms with van der Waals surface area (Å²) in [5.41, 5.74) is 0. The molecule has 2 saturated heterocycles. The Bertz CT molecular complexity index is 260. The van der Waals surface area contributed by atoms with E-state index in [4.69, 9.17) is 4.74 Å². The van der Waals surface area contributed by atoms with Crippen molar-refractivity contribution in [3.05, 3.63) is 0 Å². The Hall–Kier alpha value is -0.650. The van der Waals surface area contributed by atoms with Crippen LogP contribution >= 0.6 is 0 Å². The molecule has 0 bridgehead atoms. The highest BCUT2D eigenvalue weighted by molar-refractivity contribution is 5.75. The quantitative estimate of drug-likeness (QED) is 0.674. The van der Waals surface area contributed by atoms with Crippen molar-refractivity contribution in [3.63, 3.8) is 0 Å². The first-order valence-electron chi connectivity index (χ1n) is 6.57. The van der Waals surface area contributed by atoms with Crippen molar-refractivity contribution in [3.8, 4) is 0 Å².